The van der Waals surface area contributed by atoms with Gasteiger partial charge in [0.25, 0.3) is 0 Å². The molecular weight excluding hydrogens is 312 g/mol. The van der Waals surface area contributed by atoms with Crippen molar-refractivity contribution in [3.8, 4) is 22.3 Å². The first-order chi connectivity index (χ1) is 12.8. The van der Waals surface area contributed by atoms with Crippen molar-refractivity contribution in [2.24, 2.45) is 0 Å². The standard InChI is InChI=1S/C26H24/c1-2-3-7-20-10-12-22(13-11-20)24-15-17-25-18-23(14-16-26(25)19-24)21-8-5-4-6-9-21/h4-6,8-19H,2-3,7H2,1H3. The third-order valence-corrected chi connectivity index (χ3v) is 5.05. The van der Waals surface area contributed by atoms with Crippen molar-refractivity contribution in [2.75, 3.05) is 0 Å². The highest BCUT2D eigenvalue weighted by Gasteiger charge is 2.03. The molecule has 4 aromatic carbocycles. The summed E-state index contributed by atoms with van der Waals surface area (Å²) in [6.07, 6.45) is 3.69. The summed E-state index contributed by atoms with van der Waals surface area (Å²) in [4.78, 5) is 0. The molecule has 0 N–H and O–H groups in total. The van der Waals surface area contributed by atoms with Crippen LogP contribution in [0, 0.1) is 0 Å². The molecule has 4 aromatic rings. The summed E-state index contributed by atoms with van der Waals surface area (Å²) in [6.45, 7) is 2.24. The summed E-state index contributed by atoms with van der Waals surface area (Å²) < 4.78 is 0. The van der Waals surface area contributed by atoms with Gasteiger partial charge in [0.2, 0.25) is 0 Å². The quantitative estimate of drug-likeness (QED) is 0.353. The van der Waals surface area contributed by atoms with Crippen molar-refractivity contribution in [1.82, 2.24) is 0 Å². The molecule has 0 radical (unpaired) electrons. The van der Waals surface area contributed by atoms with E-state index < -0.39 is 0 Å². The molecule has 0 bridgehead atoms. The van der Waals surface area contributed by atoms with Gasteiger partial charge in [-0.15, -0.1) is 0 Å². The van der Waals surface area contributed by atoms with Gasteiger partial charge in [-0.2, -0.15) is 0 Å². The third-order valence-electron chi connectivity index (χ3n) is 5.05. The molecule has 26 heavy (non-hydrogen) atoms. The Kier molecular flexibility index (Phi) is 4.84. The molecule has 0 aliphatic heterocycles. The molecular formula is C26H24. The van der Waals surface area contributed by atoms with E-state index in [0.29, 0.717) is 0 Å². The summed E-state index contributed by atoms with van der Waals surface area (Å²) in [5.74, 6) is 0. The third kappa shape index (κ3) is 3.55. The van der Waals surface area contributed by atoms with Gasteiger partial charge >= 0.3 is 0 Å². The second kappa shape index (κ2) is 7.58. The van der Waals surface area contributed by atoms with E-state index in [9.17, 15) is 0 Å². The van der Waals surface area contributed by atoms with Gasteiger partial charge in [-0.3, -0.25) is 0 Å². The van der Waals surface area contributed by atoms with Crippen molar-refractivity contribution in [2.45, 2.75) is 26.2 Å². The van der Waals surface area contributed by atoms with Crippen molar-refractivity contribution < 1.29 is 0 Å². The van der Waals surface area contributed by atoms with Crippen LogP contribution in [0.15, 0.2) is 91.0 Å². The normalized spacial score (nSPS) is 11.0. The minimum atomic E-state index is 1.18. The van der Waals surface area contributed by atoms with Crippen LogP contribution < -0.4 is 0 Å². The zero-order valence-corrected chi connectivity index (χ0v) is 15.3. The lowest BCUT2D eigenvalue weighted by molar-refractivity contribution is 0.795. The van der Waals surface area contributed by atoms with Crippen molar-refractivity contribution in [3.05, 3.63) is 96.6 Å². The number of fused-ring (bicyclic) bond motifs is 1. The lowest BCUT2D eigenvalue weighted by atomic mass is 9.97. The first kappa shape index (κ1) is 16.6. The minimum absolute atomic E-state index is 1.18. The number of rotatable bonds is 5. The predicted molar refractivity (Wildman–Crippen MR) is 113 cm³/mol. The Hall–Kier alpha value is -2.86. The van der Waals surface area contributed by atoms with Gasteiger partial charge in [0, 0.05) is 0 Å². The second-order valence-electron chi connectivity index (χ2n) is 6.94. The van der Waals surface area contributed by atoms with Crippen LogP contribution in [0.4, 0.5) is 0 Å². The van der Waals surface area contributed by atoms with Crippen LogP contribution in [-0.4, -0.2) is 0 Å². The summed E-state index contributed by atoms with van der Waals surface area (Å²) in [5, 5.41) is 2.58. The molecule has 0 aliphatic rings. The van der Waals surface area contributed by atoms with E-state index in [0.717, 1.165) is 0 Å². The highest BCUT2D eigenvalue weighted by atomic mass is 14.1. The van der Waals surface area contributed by atoms with E-state index in [1.807, 2.05) is 0 Å². The van der Waals surface area contributed by atoms with Gasteiger partial charge < -0.3 is 0 Å². The van der Waals surface area contributed by atoms with Crippen molar-refractivity contribution >= 4 is 10.8 Å². The van der Waals surface area contributed by atoms with Crippen LogP contribution >= 0.6 is 0 Å². The molecule has 0 atom stereocenters. The van der Waals surface area contributed by atoms with Gasteiger partial charge in [-0.25, -0.2) is 0 Å². The van der Waals surface area contributed by atoms with Crippen LogP contribution in [0.1, 0.15) is 25.3 Å². The summed E-state index contributed by atoms with van der Waals surface area (Å²) in [7, 11) is 0. The number of aryl methyl sites for hydroxylation is 1. The number of unbranched alkanes of at least 4 members (excludes halogenated alkanes) is 1. The zero-order valence-electron chi connectivity index (χ0n) is 15.3. The van der Waals surface area contributed by atoms with Crippen LogP contribution in [0.5, 0.6) is 0 Å². The van der Waals surface area contributed by atoms with Crippen molar-refractivity contribution in [1.29, 1.82) is 0 Å². The van der Waals surface area contributed by atoms with Gasteiger partial charge in [-0.1, -0.05) is 92.2 Å². The number of hydrogen-bond donors (Lipinski definition) is 0. The minimum Gasteiger partial charge on any atom is -0.0654 e. The molecule has 0 saturated carbocycles. The molecule has 0 nitrogen and oxygen atoms in total. The molecule has 0 heteroatoms. The fourth-order valence-corrected chi connectivity index (χ4v) is 3.48. The smallest absolute Gasteiger partial charge is 0.0177 e. The Bertz CT molecular complexity index is 995. The Morgan fingerprint density at radius 3 is 1.65 bits per heavy atom. The monoisotopic (exact) mass is 336 g/mol. The predicted octanol–water partition coefficient (Wildman–Crippen LogP) is 7.52. The Morgan fingerprint density at radius 1 is 0.538 bits per heavy atom. The van der Waals surface area contributed by atoms with E-state index in [-0.39, 0.29) is 0 Å². The zero-order chi connectivity index (χ0) is 17.8. The Morgan fingerprint density at radius 2 is 1.08 bits per heavy atom. The van der Waals surface area contributed by atoms with E-state index in [1.165, 1.54) is 57.9 Å². The van der Waals surface area contributed by atoms with Gasteiger partial charge in [0.1, 0.15) is 0 Å². The first-order valence-corrected chi connectivity index (χ1v) is 9.52. The van der Waals surface area contributed by atoms with E-state index in [2.05, 4.69) is 97.9 Å². The summed E-state index contributed by atoms with van der Waals surface area (Å²) in [5.41, 5.74) is 6.54. The lowest BCUT2D eigenvalue weighted by Gasteiger charge is -2.08. The first-order valence-electron chi connectivity index (χ1n) is 9.52. The highest BCUT2D eigenvalue weighted by Crippen LogP contribution is 2.28. The van der Waals surface area contributed by atoms with E-state index in [4.69, 9.17) is 0 Å². The molecule has 128 valence electrons. The summed E-state index contributed by atoms with van der Waals surface area (Å²) in [6, 6.07) is 33.1. The molecule has 0 aliphatic carbocycles. The summed E-state index contributed by atoms with van der Waals surface area (Å²) >= 11 is 0. The average molecular weight is 336 g/mol. The van der Waals surface area contributed by atoms with E-state index >= 15 is 0 Å². The lowest BCUT2D eigenvalue weighted by Crippen LogP contribution is -1.85. The molecule has 0 unspecified atom stereocenters. The average Bonchev–Trinajstić information content (AvgIpc) is 2.72. The van der Waals surface area contributed by atoms with Crippen LogP contribution in [0.3, 0.4) is 0 Å². The fraction of sp³-hybridized carbons (Fsp3) is 0.154. The van der Waals surface area contributed by atoms with Crippen LogP contribution in [0.25, 0.3) is 33.0 Å². The maximum Gasteiger partial charge on any atom is -0.0177 e. The highest BCUT2D eigenvalue weighted by molar-refractivity contribution is 5.90. The maximum atomic E-state index is 2.30. The molecule has 4 rings (SSSR count). The molecule has 0 saturated heterocycles. The Labute approximate surface area is 156 Å². The Balaban J connectivity index is 1.63. The molecule has 0 spiro atoms. The number of benzene rings is 4. The van der Waals surface area contributed by atoms with Crippen LogP contribution in [0.2, 0.25) is 0 Å². The largest absolute Gasteiger partial charge is 0.0654 e. The van der Waals surface area contributed by atoms with Crippen LogP contribution in [-0.2, 0) is 6.42 Å². The molecule has 0 aromatic heterocycles. The second-order valence-corrected chi connectivity index (χ2v) is 6.94. The maximum absolute atomic E-state index is 2.30. The molecule has 0 heterocycles. The number of hydrogen-bond acceptors (Lipinski definition) is 0. The molecule has 0 amide bonds. The topological polar surface area (TPSA) is 0 Å². The van der Waals surface area contributed by atoms with Gasteiger partial charge in [0.15, 0.2) is 0 Å². The van der Waals surface area contributed by atoms with E-state index in [1.54, 1.807) is 0 Å². The molecule has 0 fully saturated rings. The fourth-order valence-electron chi connectivity index (χ4n) is 3.48. The van der Waals surface area contributed by atoms with Gasteiger partial charge in [0.05, 0.1) is 0 Å². The van der Waals surface area contributed by atoms with Crippen molar-refractivity contribution in [3.63, 3.8) is 0 Å². The van der Waals surface area contributed by atoms with Gasteiger partial charge in [-0.05, 0) is 63.6 Å². The SMILES string of the molecule is CCCCc1ccc(-c2ccc3cc(-c4ccccc4)ccc3c2)cc1.